The lowest BCUT2D eigenvalue weighted by Gasteiger charge is -2.08. The van der Waals surface area contributed by atoms with Crippen LogP contribution in [0.15, 0.2) is 57.9 Å². The summed E-state index contributed by atoms with van der Waals surface area (Å²) in [5.41, 5.74) is 1.000. The first-order chi connectivity index (χ1) is 11.9. The number of hydrogen-bond acceptors (Lipinski definition) is 4. The van der Waals surface area contributed by atoms with Gasteiger partial charge in [-0.05, 0) is 52.2 Å². The highest BCUT2D eigenvalue weighted by molar-refractivity contribution is 9.10. The van der Waals surface area contributed by atoms with Gasteiger partial charge in [0.1, 0.15) is 5.75 Å². The van der Waals surface area contributed by atoms with Gasteiger partial charge in [0.15, 0.2) is 9.84 Å². The molecule has 0 aliphatic heterocycles. The highest BCUT2D eigenvalue weighted by Gasteiger charge is 2.14. The van der Waals surface area contributed by atoms with Crippen LogP contribution in [0.5, 0.6) is 5.75 Å². The molecule has 25 heavy (non-hydrogen) atoms. The highest BCUT2D eigenvalue weighted by Crippen LogP contribution is 2.25. The van der Waals surface area contributed by atoms with E-state index in [0.717, 1.165) is 15.8 Å². The molecular weight excluding hydrogens is 406 g/mol. The topological polar surface area (TPSA) is 72.5 Å². The second kappa shape index (κ2) is 9.01. The van der Waals surface area contributed by atoms with E-state index in [4.69, 9.17) is 4.74 Å². The Hall–Kier alpha value is -1.86. The van der Waals surface area contributed by atoms with E-state index in [0.29, 0.717) is 12.8 Å². The molecular formula is C18H20BrNO4S. The lowest BCUT2D eigenvalue weighted by atomic mass is 10.1. The monoisotopic (exact) mass is 425 g/mol. The van der Waals surface area contributed by atoms with Gasteiger partial charge in [0.25, 0.3) is 0 Å². The Balaban J connectivity index is 1.78. The van der Waals surface area contributed by atoms with Gasteiger partial charge >= 0.3 is 0 Å². The Morgan fingerprint density at radius 3 is 2.52 bits per heavy atom. The minimum atomic E-state index is -3.37. The molecule has 0 aliphatic rings. The van der Waals surface area contributed by atoms with Crippen LogP contribution in [-0.4, -0.2) is 33.7 Å². The Morgan fingerprint density at radius 2 is 1.88 bits per heavy atom. The van der Waals surface area contributed by atoms with Gasteiger partial charge < -0.3 is 10.1 Å². The number of nitrogens with one attached hydrogen (secondary N) is 1. The summed E-state index contributed by atoms with van der Waals surface area (Å²) < 4.78 is 30.2. The van der Waals surface area contributed by atoms with E-state index in [2.05, 4.69) is 21.2 Å². The zero-order chi connectivity index (χ0) is 18.3. The Morgan fingerprint density at radius 1 is 1.16 bits per heavy atom. The smallest absolute Gasteiger partial charge is 0.220 e. The Labute approximate surface area is 156 Å². The molecule has 0 fully saturated rings. The normalized spacial score (nSPS) is 11.1. The summed E-state index contributed by atoms with van der Waals surface area (Å²) in [6.07, 6.45) is 0.865. The largest absolute Gasteiger partial charge is 0.496 e. The average Bonchev–Trinajstić information content (AvgIpc) is 2.60. The molecule has 5 nitrogen and oxygen atoms in total. The molecule has 0 aromatic heterocycles. The summed E-state index contributed by atoms with van der Waals surface area (Å²) >= 11 is 3.41. The number of amides is 1. The molecule has 2 aromatic rings. The van der Waals surface area contributed by atoms with E-state index in [-0.39, 0.29) is 23.1 Å². The maximum atomic E-state index is 12.1. The standard InChI is InChI=1S/C18H20BrNO4S/c1-24-17-9-7-14(13-16(17)19)8-10-18(21)20-11-12-25(22,23)15-5-3-2-4-6-15/h2-7,9,13H,8,10-12H2,1H3,(H,20,21). The number of sulfone groups is 1. The molecule has 0 atom stereocenters. The van der Waals surface area contributed by atoms with Gasteiger partial charge in [-0.3, -0.25) is 4.79 Å². The summed E-state index contributed by atoms with van der Waals surface area (Å²) in [6, 6.07) is 13.9. The van der Waals surface area contributed by atoms with Crippen LogP contribution in [0.3, 0.4) is 0 Å². The van der Waals surface area contributed by atoms with Gasteiger partial charge in [-0.25, -0.2) is 8.42 Å². The average molecular weight is 426 g/mol. The third-order valence-corrected chi connectivity index (χ3v) is 6.00. The van der Waals surface area contributed by atoms with E-state index in [1.54, 1.807) is 37.4 Å². The van der Waals surface area contributed by atoms with Gasteiger partial charge in [-0.15, -0.1) is 0 Å². The van der Waals surface area contributed by atoms with Crippen molar-refractivity contribution in [1.82, 2.24) is 5.32 Å². The SMILES string of the molecule is COc1ccc(CCC(=O)NCCS(=O)(=O)c2ccccc2)cc1Br. The third kappa shape index (κ3) is 5.86. The Kier molecular flexibility index (Phi) is 7.01. The van der Waals surface area contributed by atoms with Gasteiger partial charge in [-0.2, -0.15) is 0 Å². The molecule has 0 aliphatic carbocycles. The summed E-state index contributed by atoms with van der Waals surface area (Å²) in [6.45, 7) is 0.0996. The third-order valence-electron chi connectivity index (χ3n) is 3.65. The second-order valence-corrected chi connectivity index (χ2v) is 8.41. The second-order valence-electron chi connectivity index (χ2n) is 5.45. The van der Waals surface area contributed by atoms with Gasteiger partial charge in [-0.1, -0.05) is 24.3 Å². The number of carbonyl (C=O) groups excluding carboxylic acids is 1. The quantitative estimate of drug-likeness (QED) is 0.705. The molecule has 1 amide bonds. The lowest BCUT2D eigenvalue weighted by Crippen LogP contribution is -2.29. The molecule has 134 valence electrons. The van der Waals surface area contributed by atoms with E-state index < -0.39 is 9.84 Å². The van der Waals surface area contributed by atoms with Crippen molar-refractivity contribution < 1.29 is 17.9 Å². The van der Waals surface area contributed by atoms with Crippen LogP contribution in [0.2, 0.25) is 0 Å². The van der Waals surface area contributed by atoms with Crippen LogP contribution in [0.25, 0.3) is 0 Å². The number of carbonyl (C=O) groups is 1. The first-order valence-electron chi connectivity index (χ1n) is 7.79. The van der Waals surface area contributed by atoms with E-state index in [1.165, 1.54) is 0 Å². The van der Waals surface area contributed by atoms with Crippen molar-refractivity contribution in [1.29, 1.82) is 0 Å². The fourth-order valence-electron chi connectivity index (χ4n) is 2.28. The molecule has 0 saturated carbocycles. The van der Waals surface area contributed by atoms with E-state index in [9.17, 15) is 13.2 Å². The van der Waals surface area contributed by atoms with Gasteiger partial charge in [0.2, 0.25) is 5.91 Å². The number of rotatable bonds is 8. The molecule has 0 saturated heterocycles. The number of benzene rings is 2. The molecule has 0 heterocycles. The highest BCUT2D eigenvalue weighted by atomic mass is 79.9. The molecule has 0 bridgehead atoms. The van der Waals surface area contributed by atoms with Crippen molar-refractivity contribution in [2.45, 2.75) is 17.7 Å². The fourth-order valence-corrected chi connectivity index (χ4v) is 4.05. The van der Waals surface area contributed by atoms with Crippen molar-refractivity contribution in [3.8, 4) is 5.75 Å². The minimum absolute atomic E-state index is 0.0996. The Bertz CT molecular complexity index is 822. The lowest BCUT2D eigenvalue weighted by molar-refractivity contribution is -0.120. The predicted molar refractivity (Wildman–Crippen MR) is 101 cm³/mol. The van der Waals surface area contributed by atoms with Crippen LogP contribution in [0, 0.1) is 0 Å². The number of ether oxygens (including phenoxy) is 1. The summed E-state index contributed by atoms with van der Waals surface area (Å²) in [5.74, 6) is 0.450. The first-order valence-corrected chi connectivity index (χ1v) is 10.2. The van der Waals surface area contributed by atoms with Crippen molar-refractivity contribution in [2.75, 3.05) is 19.4 Å². The molecule has 1 N–H and O–H groups in total. The van der Waals surface area contributed by atoms with Crippen LogP contribution in [-0.2, 0) is 21.1 Å². The maximum Gasteiger partial charge on any atom is 0.220 e. The molecule has 2 aromatic carbocycles. The summed E-state index contributed by atoms with van der Waals surface area (Å²) in [4.78, 5) is 12.2. The van der Waals surface area contributed by atoms with Crippen LogP contribution >= 0.6 is 15.9 Å². The maximum absolute atomic E-state index is 12.1. The summed E-state index contributed by atoms with van der Waals surface area (Å²) in [7, 11) is -1.78. The number of halogens is 1. The van der Waals surface area contributed by atoms with Gasteiger partial charge in [0.05, 0.1) is 22.2 Å². The zero-order valence-electron chi connectivity index (χ0n) is 13.9. The van der Waals surface area contributed by atoms with Crippen molar-refractivity contribution in [3.63, 3.8) is 0 Å². The number of aryl methyl sites for hydroxylation is 1. The first kappa shape index (κ1) is 19.5. The van der Waals surface area contributed by atoms with E-state index in [1.807, 2.05) is 18.2 Å². The van der Waals surface area contributed by atoms with Crippen LogP contribution in [0.1, 0.15) is 12.0 Å². The predicted octanol–water partition coefficient (Wildman–Crippen LogP) is 2.98. The molecule has 0 unspecified atom stereocenters. The van der Waals surface area contributed by atoms with Gasteiger partial charge in [0, 0.05) is 13.0 Å². The van der Waals surface area contributed by atoms with Crippen molar-refractivity contribution in [2.24, 2.45) is 0 Å². The van der Waals surface area contributed by atoms with Crippen molar-refractivity contribution in [3.05, 3.63) is 58.6 Å². The molecule has 0 radical (unpaired) electrons. The number of hydrogen-bond donors (Lipinski definition) is 1. The van der Waals surface area contributed by atoms with Crippen LogP contribution < -0.4 is 10.1 Å². The summed E-state index contributed by atoms with van der Waals surface area (Å²) in [5, 5.41) is 2.66. The van der Waals surface area contributed by atoms with E-state index >= 15 is 0 Å². The minimum Gasteiger partial charge on any atom is -0.496 e. The molecule has 2 rings (SSSR count). The fraction of sp³-hybridized carbons (Fsp3) is 0.278. The van der Waals surface area contributed by atoms with Crippen molar-refractivity contribution >= 4 is 31.7 Å². The zero-order valence-corrected chi connectivity index (χ0v) is 16.3. The van der Waals surface area contributed by atoms with Crippen LogP contribution in [0.4, 0.5) is 0 Å². The molecule has 0 spiro atoms. The molecule has 7 heteroatoms. The number of methoxy groups -OCH3 is 1.